The third-order valence-electron chi connectivity index (χ3n) is 3.77. The number of nitrogens with zero attached hydrogens (tertiary/aromatic N) is 3. The van der Waals surface area contributed by atoms with Gasteiger partial charge in [0.15, 0.2) is 0 Å². The van der Waals surface area contributed by atoms with Gasteiger partial charge in [-0.25, -0.2) is 4.98 Å². The van der Waals surface area contributed by atoms with E-state index in [9.17, 15) is 13.2 Å². The van der Waals surface area contributed by atoms with Gasteiger partial charge >= 0.3 is 6.36 Å². The maximum Gasteiger partial charge on any atom is 0.573 e. The summed E-state index contributed by atoms with van der Waals surface area (Å²) in [5.74, 6) is 0.407. The minimum Gasteiger partial charge on any atom is -0.404 e. The van der Waals surface area contributed by atoms with Crippen LogP contribution in [-0.2, 0) is 0 Å². The molecule has 0 aliphatic carbocycles. The van der Waals surface area contributed by atoms with E-state index in [1.807, 2.05) is 0 Å². The van der Waals surface area contributed by atoms with Crippen LogP contribution in [0.15, 0.2) is 18.3 Å². The van der Waals surface area contributed by atoms with Crippen LogP contribution in [0.2, 0.25) is 0 Å². The summed E-state index contributed by atoms with van der Waals surface area (Å²) in [4.78, 5) is 8.56. The highest BCUT2D eigenvalue weighted by molar-refractivity contribution is 5.42. The van der Waals surface area contributed by atoms with Crippen LogP contribution < -0.4 is 9.64 Å². The average Bonchev–Trinajstić information content (AvgIpc) is 2.89. The predicted molar refractivity (Wildman–Crippen MR) is 74.5 cm³/mol. The zero-order valence-corrected chi connectivity index (χ0v) is 12.2. The van der Waals surface area contributed by atoms with E-state index in [-0.39, 0.29) is 5.75 Å². The first kappa shape index (κ1) is 15.9. The largest absolute Gasteiger partial charge is 0.573 e. The molecule has 1 unspecified atom stereocenters. The van der Waals surface area contributed by atoms with Crippen molar-refractivity contribution in [2.45, 2.75) is 32.7 Å². The van der Waals surface area contributed by atoms with E-state index in [4.69, 9.17) is 0 Å². The van der Waals surface area contributed by atoms with Gasteiger partial charge in [0.2, 0.25) is 0 Å². The first-order chi connectivity index (χ1) is 9.93. The molecule has 1 aromatic rings. The molecule has 0 bridgehead atoms. The van der Waals surface area contributed by atoms with E-state index in [2.05, 4.69) is 33.4 Å². The van der Waals surface area contributed by atoms with Gasteiger partial charge in [-0.15, -0.1) is 13.2 Å². The number of alkyl halides is 3. The number of hydrogen-bond acceptors (Lipinski definition) is 4. The minimum atomic E-state index is -4.68. The smallest absolute Gasteiger partial charge is 0.404 e. The molecule has 1 saturated heterocycles. The lowest BCUT2D eigenvalue weighted by Gasteiger charge is -2.26. The fraction of sp³-hybridized carbons (Fsp3) is 0.643. The number of hydrogen-bond donors (Lipinski definition) is 0. The molecular formula is C14H20F3N3O. The Labute approximate surface area is 122 Å². The van der Waals surface area contributed by atoms with Crippen LogP contribution in [0.25, 0.3) is 0 Å². The van der Waals surface area contributed by atoms with Gasteiger partial charge in [-0.2, -0.15) is 0 Å². The maximum atomic E-state index is 12.1. The van der Waals surface area contributed by atoms with Gasteiger partial charge in [-0.1, -0.05) is 13.8 Å². The van der Waals surface area contributed by atoms with Crippen molar-refractivity contribution < 1.29 is 17.9 Å². The molecule has 1 aliphatic heterocycles. The molecule has 2 heterocycles. The molecule has 0 spiro atoms. The first-order valence-electron chi connectivity index (χ1n) is 7.13. The van der Waals surface area contributed by atoms with Gasteiger partial charge in [-0.05, 0) is 31.6 Å². The van der Waals surface area contributed by atoms with Gasteiger partial charge in [0.25, 0.3) is 0 Å². The molecular weight excluding hydrogens is 283 g/mol. The van der Waals surface area contributed by atoms with Crippen LogP contribution >= 0.6 is 0 Å². The topological polar surface area (TPSA) is 28.6 Å². The minimum absolute atomic E-state index is 0.286. The lowest BCUT2D eigenvalue weighted by Crippen LogP contribution is -2.37. The molecule has 0 amide bonds. The summed E-state index contributed by atoms with van der Waals surface area (Å²) in [5, 5.41) is 0. The zero-order chi connectivity index (χ0) is 15.5. The standard InChI is InChI=1S/C14H20F3N3O/c1-3-19(4-2)11-7-8-20(10-11)13-6-5-12(9-18-13)21-14(15,16)17/h5-6,9,11H,3-4,7-8,10H2,1-2H3. The van der Waals surface area contributed by atoms with Gasteiger partial charge in [0, 0.05) is 19.1 Å². The van der Waals surface area contributed by atoms with Crippen LogP contribution in [0.3, 0.4) is 0 Å². The second-order valence-corrected chi connectivity index (χ2v) is 5.01. The van der Waals surface area contributed by atoms with Gasteiger partial charge < -0.3 is 9.64 Å². The molecule has 0 aromatic carbocycles. The van der Waals surface area contributed by atoms with Crippen molar-refractivity contribution in [2.24, 2.45) is 0 Å². The van der Waals surface area contributed by atoms with Crippen molar-refractivity contribution >= 4 is 5.82 Å². The molecule has 21 heavy (non-hydrogen) atoms. The summed E-state index contributed by atoms with van der Waals surface area (Å²) >= 11 is 0. The molecule has 1 atom stereocenters. The van der Waals surface area contributed by atoms with E-state index in [1.54, 1.807) is 6.07 Å². The van der Waals surface area contributed by atoms with E-state index in [0.717, 1.165) is 38.8 Å². The van der Waals surface area contributed by atoms with Crippen molar-refractivity contribution in [1.82, 2.24) is 9.88 Å². The van der Waals surface area contributed by atoms with E-state index >= 15 is 0 Å². The van der Waals surface area contributed by atoms with E-state index < -0.39 is 6.36 Å². The second-order valence-electron chi connectivity index (χ2n) is 5.01. The number of ether oxygens (including phenoxy) is 1. The third kappa shape index (κ3) is 4.23. The molecule has 0 N–H and O–H groups in total. The number of aromatic nitrogens is 1. The van der Waals surface area contributed by atoms with Gasteiger partial charge in [0.05, 0.1) is 6.20 Å². The van der Waals surface area contributed by atoms with Crippen LogP contribution in [0.4, 0.5) is 19.0 Å². The summed E-state index contributed by atoms with van der Waals surface area (Å²) in [6.45, 7) is 7.99. The molecule has 2 rings (SSSR count). The Morgan fingerprint density at radius 2 is 2.05 bits per heavy atom. The molecule has 7 heteroatoms. The normalized spacial score (nSPS) is 19.3. The summed E-state index contributed by atoms with van der Waals surface area (Å²) < 4.78 is 40.1. The van der Waals surface area contributed by atoms with Crippen molar-refractivity contribution in [3.63, 3.8) is 0 Å². The van der Waals surface area contributed by atoms with Crippen molar-refractivity contribution in [2.75, 3.05) is 31.1 Å². The number of pyridine rings is 1. The monoisotopic (exact) mass is 303 g/mol. The molecule has 0 radical (unpaired) electrons. The lowest BCUT2D eigenvalue weighted by atomic mass is 10.2. The number of likely N-dealkylation sites (N-methyl/N-ethyl adjacent to an activating group) is 1. The van der Waals surface area contributed by atoms with Crippen LogP contribution in [0.1, 0.15) is 20.3 Å². The summed E-state index contributed by atoms with van der Waals surface area (Å²) in [6, 6.07) is 3.36. The molecule has 1 aliphatic rings. The number of anilines is 1. The first-order valence-corrected chi connectivity index (χ1v) is 7.13. The molecule has 0 saturated carbocycles. The Kier molecular flexibility index (Phi) is 4.92. The Hall–Kier alpha value is -1.50. The van der Waals surface area contributed by atoms with E-state index in [0.29, 0.717) is 11.9 Å². The van der Waals surface area contributed by atoms with E-state index in [1.165, 1.54) is 6.07 Å². The Morgan fingerprint density at radius 3 is 2.57 bits per heavy atom. The quantitative estimate of drug-likeness (QED) is 0.836. The highest BCUT2D eigenvalue weighted by Gasteiger charge is 2.31. The predicted octanol–water partition coefficient (Wildman–Crippen LogP) is 2.90. The maximum absolute atomic E-state index is 12.1. The summed E-state index contributed by atoms with van der Waals surface area (Å²) in [7, 11) is 0. The Balaban J connectivity index is 1.97. The van der Waals surface area contributed by atoms with Crippen LogP contribution in [0.5, 0.6) is 5.75 Å². The molecule has 118 valence electrons. The van der Waals surface area contributed by atoms with Gasteiger partial charge in [-0.3, -0.25) is 4.90 Å². The van der Waals surface area contributed by atoms with Crippen LogP contribution in [-0.4, -0.2) is 48.5 Å². The van der Waals surface area contributed by atoms with Gasteiger partial charge in [0.1, 0.15) is 11.6 Å². The lowest BCUT2D eigenvalue weighted by molar-refractivity contribution is -0.274. The molecule has 1 aromatic heterocycles. The fourth-order valence-electron chi connectivity index (χ4n) is 2.74. The SMILES string of the molecule is CCN(CC)C1CCN(c2ccc(OC(F)(F)F)cn2)C1. The average molecular weight is 303 g/mol. The van der Waals surface area contributed by atoms with Crippen molar-refractivity contribution in [1.29, 1.82) is 0 Å². The summed E-state index contributed by atoms with van der Waals surface area (Å²) in [6.07, 6.45) is -2.51. The summed E-state index contributed by atoms with van der Waals surface area (Å²) in [5.41, 5.74) is 0. The molecule has 4 nitrogen and oxygen atoms in total. The number of halogens is 3. The third-order valence-corrected chi connectivity index (χ3v) is 3.77. The fourth-order valence-corrected chi connectivity index (χ4v) is 2.74. The zero-order valence-electron chi connectivity index (χ0n) is 12.2. The van der Waals surface area contributed by atoms with Crippen LogP contribution in [0, 0.1) is 0 Å². The number of rotatable bonds is 5. The van der Waals surface area contributed by atoms with Crippen molar-refractivity contribution in [3.8, 4) is 5.75 Å². The Bertz CT molecular complexity index is 446. The Morgan fingerprint density at radius 1 is 1.33 bits per heavy atom. The highest BCUT2D eigenvalue weighted by atomic mass is 19.4. The second kappa shape index (κ2) is 6.51. The highest BCUT2D eigenvalue weighted by Crippen LogP contribution is 2.25. The molecule has 1 fully saturated rings. The van der Waals surface area contributed by atoms with Crippen molar-refractivity contribution in [3.05, 3.63) is 18.3 Å².